The number of nitrogens with zero attached hydrogens (tertiary/aromatic N) is 1. The van der Waals surface area contributed by atoms with Gasteiger partial charge in [-0.25, -0.2) is 0 Å². The van der Waals surface area contributed by atoms with Crippen LogP contribution in [-0.2, 0) is 10.2 Å². The highest BCUT2D eigenvalue weighted by Crippen LogP contribution is 2.31. The predicted octanol–water partition coefficient (Wildman–Crippen LogP) is 1.36. The van der Waals surface area contributed by atoms with Crippen LogP contribution in [0.15, 0.2) is 46.9 Å². The maximum Gasteiger partial charge on any atom is 0.344 e. The lowest BCUT2D eigenvalue weighted by molar-refractivity contribution is 0.0878. The Hall–Kier alpha value is -3.27. The van der Waals surface area contributed by atoms with Crippen LogP contribution in [0.4, 0.5) is 5.69 Å². The van der Waals surface area contributed by atoms with Gasteiger partial charge < -0.3 is 20.9 Å². The third kappa shape index (κ3) is 4.17. The number of hydrogen-bond donors (Lipinski definition) is 4. The van der Waals surface area contributed by atoms with Gasteiger partial charge in [-0.15, -0.1) is 4.40 Å². The number of aromatic hydroxyl groups is 1. The minimum atomic E-state index is -3.88. The summed E-state index contributed by atoms with van der Waals surface area (Å²) in [6.45, 7) is 3.56. The van der Waals surface area contributed by atoms with Gasteiger partial charge in [0.05, 0.1) is 22.4 Å². The lowest BCUT2D eigenvalue weighted by Gasteiger charge is -2.27. The number of nitrogens with two attached hydrogens (primary N) is 1. The Labute approximate surface area is 162 Å². The Kier molecular flexibility index (Phi) is 4.90. The van der Waals surface area contributed by atoms with E-state index in [1.165, 1.54) is 12.1 Å². The maximum absolute atomic E-state index is 12.4. The van der Waals surface area contributed by atoms with Gasteiger partial charge in [0, 0.05) is 0 Å². The molecule has 10 heteroatoms. The van der Waals surface area contributed by atoms with Gasteiger partial charge in [0.2, 0.25) is 0 Å². The fraction of sp³-hybridized carbons (Fsp3) is 0.222. The van der Waals surface area contributed by atoms with Gasteiger partial charge in [0.15, 0.2) is 5.84 Å². The Morgan fingerprint density at radius 2 is 1.96 bits per heavy atom. The molecule has 3 rings (SSSR count). The molecule has 0 saturated heterocycles. The number of phenolic OH excluding ortho intramolecular Hbond substituents is 1. The number of nitrogens with one attached hydrogen (secondary N) is 2. The molecule has 1 heterocycles. The van der Waals surface area contributed by atoms with Crippen molar-refractivity contribution < 1.29 is 23.1 Å². The van der Waals surface area contributed by atoms with E-state index in [0.717, 1.165) is 0 Å². The molecule has 1 aliphatic rings. The van der Waals surface area contributed by atoms with Crippen LogP contribution in [-0.4, -0.2) is 37.4 Å². The van der Waals surface area contributed by atoms with Crippen LogP contribution in [0.3, 0.4) is 0 Å². The summed E-state index contributed by atoms with van der Waals surface area (Å²) in [6.07, 6.45) is 0. The Bertz CT molecular complexity index is 1060. The smallest absolute Gasteiger partial charge is 0.344 e. The standard InChI is InChI=1S/C18H20N4O5S/c1-18(2,20-17(24)11-6-3-4-8-13(11)23)10-27-14-9-5-7-12-15(14)16(19)22-28(25,26)21-12/h3-9,21,23H,10H2,1-2H3,(H2,19,22)(H,20,24). The first-order valence-electron chi connectivity index (χ1n) is 8.33. The minimum absolute atomic E-state index is 0.0584. The normalized spacial score (nSPS) is 15.0. The Balaban J connectivity index is 1.76. The third-order valence-corrected chi connectivity index (χ3v) is 4.84. The Morgan fingerprint density at radius 3 is 2.68 bits per heavy atom. The van der Waals surface area contributed by atoms with E-state index in [1.807, 2.05) is 0 Å². The molecule has 0 bridgehead atoms. The second-order valence-corrected chi connectivity index (χ2v) is 8.21. The van der Waals surface area contributed by atoms with Crippen molar-refractivity contribution in [2.75, 3.05) is 11.3 Å². The molecule has 9 nitrogen and oxygen atoms in total. The van der Waals surface area contributed by atoms with Crippen LogP contribution in [0.1, 0.15) is 29.8 Å². The highest BCUT2D eigenvalue weighted by molar-refractivity contribution is 7.91. The summed E-state index contributed by atoms with van der Waals surface area (Å²) in [6, 6.07) is 11.0. The molecule has 0 spiro atoms. The number of fused-ring (bicyclic) bond motifs is 1. The summed E-state index contributed by atoms with van der Waals surface area (Å²) in [4.78, 5) is 12.4. The van der Waals surface area contributed by atoms with E-state index in [-0.39, 0.29) is 29.4 Å². The van der Waals surface area contributed by atoms with Crippen molar-refractivity contribution in [2.45, 2.75) is 19.4 Å². The van der Waals surface area contributed by atoms with Crippen molar-refractivity contribution in [1.29, 1.82) is 0 Å². The monoisotopic (exact) mass is 404 g/mol. The predicted molar refractivity (Wildman–Crippen MR) is 105 cm³/mol. The highest BCUT2D eigenvalue weighted by Gasteiger charge is 2.27. The quantitative estimate of drug-likeness (QED) is 0.592. The van der Waals surface area contributed by atoms with E-state index in [0.29, 0.717) is 11.3 Å². The van der Waals surface area contributed by atoms with Crippen molar-refractivity contribution in [2.24, 2.45) is 10.1 Å². The molecule has 1 amide bonds. The summed E-state index contributed by atoms with van der Waals surface area (Å²) >= 11 is 0. The van der Waals surface area contributed by atoms with Crippen molar-refractivity contribution in [3.8, 4) is 11.5 Å². The lowest BCUT2D eigenvalue weighted by Crippen LogP contribution is -2.48. The molecular formula is C18H20N4O5S. The van der Waals surface area contributed by atoms with E-state index in [4.69, 9.17) is 10.5 Å². The van der Waals surface area contributed by atoms with Gasteiger partial charge in [0.25, 0.3) is 5.91 Å². The first kappa shape index (κ1) is 19.5. The van der Waals surface area contributed by atoms with Gasteiger partial charge >= 0.3 is 10.2 Å². The number of carbonyl (C=O) groups excluding carboxylic acids is 1. The first-order chi connectivity index (χ1) is 13.1. The lowest BCUT2D eigenvalue weighted by atomic mass is 10.1. The number of para-hydroxylation sites is 1. The first-order valence-corrected chi connectivity index (χ1v) is 9.77. The zero-order valence-corrected chi connectivity index (χ0v) is 16.1. The zero-order chi connectivity index (χ0) is 20.5. The van der Waals surface area contributed by atoms with Crippen molar-refractivity contribution in [3.05, 3.63) is 53.6 Å². The molecule has 2 aromatic carbocycles. The molecule has 1 aliphatic heterocycles. The van der Waals surface area contributed by atoms with Crippen LogP contribution >= 0.6 is 0 Å². The number of anilines is 1. The number of ether oxygens (including phenoxy) is 1. The average molecular weight is 404 g/mol. The summed E-state index contributed by atoms with van der Waals surface area (Å²) in [5.41, 5.74) is 5.74. The fourth-order valence-corrected chi connectivity index (χ4v) is 3.52. The van der Waals surface area contributed by atoms with Crippen LogP contribution in [0, 0.1) is 0 Å². The highest BCUT2D eigenvalue weighted by atomic mass is 32.2. The number of amidine groups is 1. The van der Waals surface area contributed by atoms with E-state index in [1.54, 1.807) is 44.2 Å². The van der Waals surface area contributed by atoms with E-state index < -0.39 is 21.7 Å². The second kappa shape index (κ2) is 7.04. The maximum atomic E-state index is 12.4. The van der Waals surface area contributed by atoms with Crippen molar-refractivity contribution in [1.82, 2.24) is 5.32 Å². The summed E-state index contributed by atoms with van der Waals surface area (Å²) in [7, 11) is -3.88. The summed E-state index contributed by atoms with van der Waals surface area (Å²) in [5.74, 6) is -0.424. The largest absolute Gasteiger partial charge is 0.507 e. The van der Waals surface area contributed by atoms with Crippen molar-refractivity contribution >= 4 is 27.6 Å². The molecule has 0 unspecified atom stereocenters. The van der Waals surface area contributed by atoms with Crippen LogP contribution in [0.2, 0.25) is 0 Å². The van der Waals surface area contributed by atoms with Crippen molar-refractivity contribution in [3.63, 3.8) is 0 Å². The second-order valence-electron chi connectivity index (χ2n) is 6.88. The van der Waals surface area contributed by atoms with E-state index >= 15 is 0 Å². The van der Waals surface area contributed by atoms with Gasteiger partial charge in [-0.1, -0.05) is 18.2 Å². The van der Waals surface area contributed by atoms with Crippen LogP contribution < -0.4 is 20.5 Å². The number of phenols is 1. The molecule has 0 saturated carbocycles. The molecule has 5 N–H and O–H groups in total. The molecule has 28 heavy (non-hydrogen) atoms. The topological polar surface area (TPSA) is 143 Å². The number of amides is 1. The minimum Gasteiger partial charge on any atom is -0.507 e. The van der Waals surface area contributed by atoms with Gasteiger partial charge in [-0.05, 0) is 38.1 Å². The average Bonchev–Trinajstić information content (AvgIpc) is 2.58. The fourth-order valence-electron chi connectivity index (χ4n) is 2.67. The number of hydrogen-bond acceptors (Lipinski definition) is 6. The molecular weight excluding hydrogens is 384 g/mol. The summed E-state index contributed by atoms with van der Waals surface area (Å²) < 4.78 is 34.8. The van der Waals surface area contributed by atoms with Crippen LogP contribution in [0.25, 0.3) is 0 Å². The number of rotatable bonds is 5. The molecule has 2 aromatic rings. The van der Waals surface area contributed by atoms with E-state index in [2.05, 4.69) is 14.4 Å². The molecule has 0 fully saturated rings. The SMILES string of the molecule is CC(C)(COc1cccc2c1C(N)=NS(=O)(=O)N2)NC(=O)c1ccccc1O. The molecule has 0 aromatic heterocycles. The molecule has 0 aliphatic carbocycles. The number of benzene rings is 2. The molecule has 0 atom stereocenters. The van der Waals surface area contributed by atoms with Gasteiger partial charge in [-0.3, -0.25) is 9.52 Å². The Morgan fingerprint density at radius 1 is 1.25 bits per heavy atom. The number of carbonyl (C=O) groups is 1. The summed E-state index contributed by atoms with van der Waals surface area (Å²) in [5, 5.41) is 12.6. The zero-order valence-electron chi connectivity index (χ0n) is 15.3. The van der Waals surface area contributed by atoms with E-state index in [9.17, 15) is 18.3 Å². The van der Waals surface area contributed by atoms with Crippen LogP contribution in [0.5, 0.6) is 11.5 Å². The molecule has 148 valence electrons. The van der Waals surface area contributed by atoms with Gasteiger partial charge in [0.1, 0.15) is 18.1 Å². The third-order valence-electron chi connectivity index (χ3n) is 3.93. The van der Waals surface area contributed by atoms with Gasteiger partial charge in [-0.2, -0.15) is 8.42 Å². The molecule has 0 radical (unpaired) electrons.